The summed E-state index contributed by atoms with van der Waals surface area (Å²) in [4.78, 5) is 15.8. The van der Waals surface area contributed by atoms with Gasteiger partial charge in [-0.15, -0.1) is 5.10 Å². The summed E-state index contributed by atoms with van der Waals surface area (Å²) in [7, 11) is 0. The molecule has 1 N–H and O–H groups in total. The van der Waals surface area contributed by atoms with Crippen LogP contribution in [-0.4, -0.2) is 25.8 Å². The van der Waals surface area contributed by atoms with Crippen molar-refractivity contribution in [3.63, 3.8) is 0 Å². The van der Waals surface area contributed by atoms with Crippen molar-refractivity contribution in [2.45, 2.75) is 26.3 Å². The fraction of sp³-hybridized carbons (Fsp3) is 0.200. The number of carbonyl (C=O) groups is 1. The first-order valence-electron chi connectivity index (χ1n) is 8.58. The number of rotatable bonds is 5. The average Bonchev–Trinajstić information content (AvgIpc) is 3.25. The van der Waals surface area contributed by atoms with E-state index in [4.69, 9.17) is 0 Å². The van der Waals surface area contributed by atoms with Gasteiger partial charge in [0.25, 0.3) is 0 Å². The number of nitrogens with zero attached hydrogens (tertiary/aromatic N) is 4. The van der Waals surface area contributed by atoms with Gasteiger partial charge in [0.1, 0.15) is 5.69 Å². The Hall–Kier alpha value is -3.28. The van der Waals surface area contributed by atoms with Crippen LogP contribution >= 0.6 is 0 Å². The summed E-state index contributed by atoms with van der Waals surface area (Å²) in [6, 6.07) is 11.9. The van der Waals surface area contributed by atoms with Crippen LogP contribution in [0.1, 0.15) is 25.3 Å². The molecule has 26 heavy (non-hydrogen) atoms. The quantitative estimate of drug-likeness (QED) is 0.767. The third-order valence-electron chi connectivity index (χ3n) is 4.53. The second-order valence-electron chi connectivity index (χ2n) is 6.40. The minimum Gasteiger partial charge on any atom is -0.359 e. The zero-order valence-electron chi connectivity index (χ0n) is 14.5. The predicted octanol–water partition coefficient (Wildman–Crippen LogP) is 3.44. The van der Waals surface area contributed by atoms with Crippen molar-refractivity contribution in [1.29, 1.82) is 0 Å². The molecule has 6 nitrogen and oxygen atoms in total. The van der Waals surface area contributed by atoms with E-state index in [2.05, 4.69) is 20.6 Å². The van der Waals surface area contributed by atoms with Gasteiger partial charge in [0.2, 0.25) is 0 Å². The Bertz CT molecular complexity index is 975. The van der Waals surface area contributed by atoms with Crippen LogP contribution < -0.4 is 5.32 Å². The lowest BCUT2D eigenvalue weighted by Crippen LogP contribution is -2.00. The Morgan fingerprint density at radius 3 is 2.88 bits per heavy atom. The lowest BCUT2D eigenvalue weighted by molar-refractivity contribution is -0.114. The van der Waals surface area contributed by atoms with Crippen molar-refractivity contribution in [3.8, 4) is 11.3 Å². The molecule has 6 heteroatoms. The molecule has 0 aliphatic heterocycles. The molecule has 2 heterocycles. The molecule has 0 amide bonds. The Balaban J connectivity index is 1.53. The van der Waals surface area contributed by atoms with Crippen molar-refractivity contribution >= 4 is 11.5 Å². The lowest BCUT2D eigenvalue weighted by Gasteiger charge is -2.09. The predicted molar refractivity (Wildman–Crippen MR) is 99.4 cm³/mol. The van der Waals surface area contributed by atoms with Crippen LogP contribution in [0.3, 0.4) is 0 Å². The fourth-order valence-electron chi connectivity index (χ4n) is 3.06. The van der Waals surface area contributed by atoms with Gasteiger partial charge in [0.15, 0.2) is 5.78 Å². The number of Topliss-reactive ketones (excluding diaryl/α,β-unsaturated/α-hetero) is 1. The zero-order valence-corrected chi connectivity index (χ0v) is 14.5. The molecule has 1 aliphatic rings. The van der Waals surface area contributed by atoms with Crippen LogP contribution in [0.5, 0.6) is 0 Å². The van der Waals surface area contributed by atoms with Gasteiger partial charge in [-0.3, -0.25) is 9.78 Å². The van der Waals surface area contributed by atoms with Gasteiger partial charge < -0.3 is 5.32 Å². The van der Waals surface area contributed by atoms with Crippen LogP contribution in [0.2, 0.25) is 0 Å². The molecule has 0 radical (unpaired) electrons. The molecular weight excluding hydrogens is 326 g/mol. The van der Waals surface area contributed by atoms with Crippen LogP contribution in [-0.2, 0) is 11.3 Å². The topological polar surface area (TPSA) is 72.7 Å². The average molecular weight is 345 g/mol. The summed E-state index contributed by atoms with van der Waals surface area (Å²) in [5.74, 6) is 0.224. The second-order valence-corrected chi connectivity index (χ2v) is 6.40. The van der Waals surface area contributed by atoms with E-state index in [0.717, 1.165) is 40.2 Å². The van der Waals surface area contributed by atoms with E-state index in [9.17, 15) is 4.79 Å². The highest BCUT2D eigenvalue weighted by Gasteiger charge is 2.19. The van der Waals surface area contributed by atoms with E-state index in [-0.39, 0.29) is 5.78 Å². The molecule has 0 bridgehead atoms. The van der Waals surface area contributed by atoms with Gasteiger partial charge in [-0.25, -0.2) is 4.68 Å². The number of anilines is 1. The van der Waals surface area contributed by atoms with Crippen molar-refractivity contribution in [2.24, 2.45) is 0 Å². The summed E-state index contributed by atoms with van der Waals surface area (Å²) >= 11 is 0. The molecule has 1 aliphatic carbocycles. The van der Waals surface area contributed by atoms with Gasteiger partial charge in [-0.1, -0.05) is 23.4 Å². The van der Waals surface area contributed by atoms with E-state index >= 15 is 0 Å². The summed E-state index contributed by atoms with van der Waals surface area (Å²) in [5.41, 5.74) is 5.66. The highest BCUT2D eigenvalue weighted by molar-refractivity contribution is 5.98. The highest BCUT2D eigenvalue weighted by atomic mass is 16.1. The molecule has 1 aromatic carbocycles. The molecule has 0 saturated carbocycles. The molecule has 0 spiro atoms. The number of allylic oxidation sites excluding steroid dienone is 2. The second kappa shape index (κ2) is 6.92. The number of pyridine rings is 1. The number of hydrogen-bond donors (Lipinski definition) is 1. The molecule has 0 saturated heterocycles. The molecule has 0 fully saturated rings. The third kappa shape index (κ3) is 3.39. The smallest absolute Gasteiger partial charge is 0.160 e. The molecule has 2 aromatic heterocycles. The number of ketones is 1. The summed E-state index contributed by atoms with van der Waals surface area (Å²) < 4.78 is 1.80. The van der Waals surface area contributed by atoms with Crippen molar-refractivity contribution < 1.29 is 4.79 Å². The van der Waals surface area contributed by atoms with E-state index in [0.29, 0.717) is 13.0 Å². The molecule has 4 rings (SSSR count). The number of hydrogen-bond acceptors (Lipinski definition) is 5. The first-order valence-corrected chi connectivity index (χ1v) is 8.58. The molecule has 3 aromatic rings. The van der Waals surface area contributed by atoms with E-state index in [1.54, 1.807) is 10.9 Å². The van der Waals surface area contributed by atoms with Crippen LogP contribution in [0, 0.1) is 0 Å². The van der Waals surface area contributed by atoms with Crippen LogP contribution in [0.15, 0.2) is 66.3 Å². The third-order valence-corrected chi connectivity index (χ3v) is 4.53. The van der Waals surface area contributed by atoms with Crippen LogP contribution in [0.25, 0.3) is 11.3 Å². The van der Waals surface area contributed by atoms with Crippen molar-refractivity contribution in [3.05, 3.63) is 71.8 Å². The SMILES string of the molecule is CC1=C(Nc2cccc(-c3cn(Cc4cccnc4)nn3)c2)CCC1=O. The number of benzene rings is 1. The van der Waals surface area contributed by atoms with Crippen molar-refractivity contribution in [1.82, 2.24) is 20.0 Å². The van der Waals surface area contributed by atoms with Gasteiger partial charge in [-0.05, 0) is 37.1 Å². The lowest BCUT2D eigenvalue weighted by atomic mass is 10.1. The normalized spacial score (nSPS) is 14.1. The molecule has 0 atom stereocenters. The van der Waals surface area contributed by atoms with E-state index in [1.165, 1.54) is 0 Å². The molecule has 0 unspecified atom stereocenters. The minimum absolute atomic E-state index is 0.224. The monoisotopic (exact) mass is 345 g/mol. The largest absolute Gasteiger partial charge is 0.359 e. The van der Waals surface area contributed by atoms with Crippen molar-refractivity contribution in [2.75, 3.05) is 5.32 Å². The van der Waals surface area contributed by atoms with Gasteiger partial charge in [-0.2, -0.15) is 0 Å². The minimum atomic E-state index is 0.224. The Labute approximate surface area is 151 Å². The maximum atomic E-state index is 11.7. The molecular formula is C20H19N5O. The van der Waals surface area contributed by atoms with E-state index in [1.807, 2.05) is 55.7 Å². The van der Waals surface area contributed by atoms with Gasteiger partial charge in [0, 0.05) is 41.3 Å². The maximum Gasteiger partial charge on any atom is 0.160 e. The number of nitrogens with one attached hydrogen (secondary N) is 1. The maximum absolute atomic E-state index is 11.7. The zero-order chi connectivity index (χ0) is 17.9. The van der Waals surface area contributed by atoms with E-state index < -0.39 is 0 Å². The number of carbonyl (C=O) groups excluding carboxylic acids is 1. The standard InChI is InChI=1S/C20H19N5O/c1-14-18(7-8-20(14)26)22-17-6-2-5-16(10-17)19-13-25(24-23-19)12-15-4-3-9-21-11-15/h2-6,9-11,13,22H,7-8,12H2,1H3. The summed E-state index contributed by atoms with van der Waals surface area (Å²) in [6.07, 6.45) is 6.87. The Morgan fingerprint density at radius 2 is 2.12 bits per heavy atom. The first kappa shape index (κ1) is 16.2. The Morgan fingerprint density at radius 1 is 1.19 bits per heavy atom. The summed E-state index contributed by atoms with van der Waals surface area (Å²) in [5, 5.41) is 11.9. The Kier molecular flexibility index (Phi) is 4.31. The van der Waals surface area contributed by atoms with Crippen LogP contribution in [0.4, 0.5) is 5.69 Å². The van der Waals surface area contributed by atoms with Gasteiger partial charge in [0.05, 0.1) is 12.7 Å². The summed E-state index contributed by atoms with van der Waals surface area (Å²) in [6.45, 7) is 2.51. The fourth-order valence-corrected chi connectivity index (χ4v) is 3.06. The molecule has 130 valence electrons. The highest BCUT2D eigenvalue weighted by Crippen LogP contribution is 2.26. The van der Waals surface area contributed by atoms with Gasteiger partial charge >= 0.3 is 0 Å². The first-order chi connectivity index (χ1) is 12.7. The number of aromatic nitrogens is 4.